The van der Waals surface area contributed by atoms with Crippen LogP contribution in [-0.2, 0) is 6.54 Å². The van der Waals surface area contributed by atoms with Crippen molar-refractivity contribution < 1.29 is 9.53 Å². The van der Waals surface area contributed by atoms with Gasteiger partial charge in [0.25, 0.3) is 0 Å². The number of amides is 2. The highest BCUT2D eigenvalue weighted by Crippen LogP contribution is 2.21. The number of hydrogen-bond acceptors (Lipinski definition) is 3. The molecule has 0 saturated heterocycles. The first-order chi connectivity index (χ1) is 10.1. The number of carbonyl (C=O) groups is 1. The van der Waals surface area contributed by atoms with Gasteiger partial charge < -0.3 is 15.0 Å². The molecule has 0 spiro atoms. The van der Waals surface area contributed by atoms with E-state index < -0.39 is 0 Å². The van der Waals surface area contributed by atoms with Crippen molar-refractivity contribution in [1.82, 2.24) is 9.88 Å². The van der Waals surface area contributed by atoms with Crippen molar-refractivity contribution in [2.45, 2.75) is 13.5 Å². The second-order valence-corrected chi connectivity index (χ2v) is 4.84. The molecule has 5 nitrogen and oxygen atoms in total. The molecule has 110 valence electrons. The van der Waals surface area contributed by atoms with Crippen LogP contribution in [0.5, 0.6) is 5.75 Å². The van der Waals surface area contributed by atoms with Crippen molar-refractivity contribution in [3.8, 4) is 5.75 Å². The number of ether oxygens (including phenoxy) is 1. The molecule has 0 aliphatic carbocycles. The van der Waals surface area contributed by atoms with Gasteiger partial charge in [0.05, 0.1) is 25.5 Å². The van der Waals surface area contributed by atoms with E-state index in [1.165, 1.54) is 0 Å². The lowest BCUT2D eigenvalue weighted by atomic mass is 10.1. The van der Waals surface area contributed by atoms with Gasteiger partial charge in [-0.05, 0) is 25.1 Å². The minimum atomic E-state index is -0.188. The summed E-state index contributed by atoms with van der Waals surface area (Å²) in [5.74, 6) is 0.779. The highest BCUT2D eigenvalue weighted by Gasteiger charge is 2.12. The fraction of sp³-hybridized carbons (Fsp3) is 0.250. The van der Waals surface area contributed by atoms with E-state index in [1.807, 2.05) is 25.1 Å². The maximum atomic E-state index is 12.1. The molecule has 2 aromatic rings. The molecule has 0 saturated carbocycles. The molecule has 0 fully saturated rings. The van der Waals surface area contributed by atoms with Crippen molar-refractivity contribution in [3.05, 3.63) is 53.9 Å². The number of urea groups is 1. The van der Waals surface area contributed by atoms with E-state index in [2.05, 4.69) is 10.3 Å². The van der Waals surface area contributed by atoms with Crippen molar-refractivity contribution >= 4 is 11.7 Å². The Balaban J connectivity index is 2.05. The standard InChI is InChI=1S/C16H19N3O2/c1-12-6-7-15(21-3)13(9-12)11-19(2)16(20)18-14-5-4-8-17-10-14/h4-10H,11H2,1-3H3,(H,18,20). The van der Waals surface area contributed by atoms with Gasteiger partial charge in [-0.1, -0.05) is 17.7 Å². The summed E-state index contributed by atoms with van der Waals surface area (Å²) in [7, 11) is 3.37. The van der Waals surface area contributed by atoms with Gasteiger partial charge >= 0.3 is 6.03 Å². The number of hydrogen-bond donors (Lipinski definition) is 1. The Hall–Kier alpha value is -2.56. The number of anilines is 1. The van der Waals surface area contributed by atoms with Crippen molar-refractivity contribution in [2.24, 2.45) is 0 Å². The fourth-order valence-electron chi connectivity index (χ4n) is 2.01. The number of methoxy groups -OCH3 is 1. The molecule has 1 aromatic heterocycles. The fourth-order valence-corrected chi connectivity index (χ4v) is 2.01. The molecule has 2 rings (SSSR count). The summed E-state index contributed by atoms with van der Waals surface area (Å²) in [5.41, 5.74) is 2.78. The van der Waals surface area contributed by atoms with Gasteiger partial charge in [-0.2, -0.15) is 0 Å². The molecule has 0 unspecified atom stereocenters. The van der Waals surface area contributed by atoms with E-state index in [9.17, 15) is 4.79 Å². The van der Waals surface area contributed by atoms with Crippen LogP contribution in [0.1, 0.15) is 11.1 Å². The highest BCUT2D eigenvalue weighted by molar-refractivity contribution is 5.88. The van der Waals surface area contributed by atoms with Gasteiger partial charge in [0.1, 0.15) is 5.75 Å². The number of nitrogens with zero attached hydrogens (tertiary/aromatic N) is 2. The second-order valence-electron chi connectivity index (χ2n) is 4.84. The maximum Gasteiger partial charge on any atom is 0.321 e. The minimum absolute atomic E-state index is 0.188. The molecule has 0 aliphatic rings. The highest BCUT2D eigenvalue weighted by atomic mass is 16.5. The topological polar surface area (TPSA) is 54.5 Å². The minimum Gasteiger partial charge on any atom is -0.496 e. The third-order valence-electron chi connectivity index (χ3n) is 3.10. The number of rotatable bonds is 4. The monoisotopic (exact) mass is 285 g/mol. The smallest absolute Gasteiger partial charge is 0.321 e. The Morgan fingerprint density at radius 3 is 2.86 bits per heavy atom. The average molecular weight is 285 g/mol. The third-order valence-corrected chi connectivity index (χ3v) is 3.10. The summed E-state index contributed by atoms with van der Waals surface area (Å²) in [4.78, 5) is 17.7. The van der Waals surface area contributed by atoms with E-state index in [4.69, 9.17) is 4.74 Å². The van der Waals surface area contributed by atoms with E-state index in [-0.39, 0.29) is 6.03 Å². The Bertz CT molecular complexity index is 614. The molecule has 1 heterocycles. The number of benzene rings is 1. The van der Waals surface area contributed by atoms with Crippen LogP contribution in [0.15, 0.2) is 42.7 Å². The summed E-state index contributed by atoms with van der Waals surface area (Å²) in [6.07, 6.45) is 3.27. The molecule has 0 radical (unpaired) electrons. The van der Waals surface area contributed by atoms with Crippen LogP contribution in [0.4, 0.5) is 10.5 Å². The van der Waals surface area contributed by atoms with Crippen LogP contribution in [0, 0.1) is 6.92 Å². The molecule has 21 heavy (non-hydrogen) atoms. The van der Waals surface area contributed by atoms with Gasteiger partial charge in [-0.25, -0.2) is 4.79 Å². The van der Waals surface area contributed by atoms with Crippen LogP contribution < -0.4 is 10.1 Å². The zero-order valence-corrected chi connectivity index (χ0v) is 12.5. The Labute approximate surface area is 124 Å². The number of carbonyl (C=O) groups excluding carboxylic acids is 1. The van der Waals surface area contributed by atoms with Gasteiger partial charge in [-0.15, -0.1) is 0 Å². The molecule has 0 bridgehead atoms. The molecule has 1 aromatic carbocycles. The van der Waals surface area contributed by atoms with Crippen LogP contribution in [0.25, 0.3) is 0 Å². The Morgan fingerprint density at radius 1 is 1.38 bits per heavy atom. The Kier molecular flexibility index (Phi) is 4.77. The molecule has 2 amide bonds. The average Bonchev–Trinajstić information content (AvgIpc) is 2.48. The summed E-state index contributed by atoms with van der Waals surface area (Å²) < 4.78 is 5.33. The summed E-state index contributed by atoms with van der Waals surface area (Å²) in [6.45, 7) is 2.48. The second kappa shape index (κ2) is 6.74. The van der Waals surface area contributed by atoms with Crippen LogP contribution in [0.3, 0.4) is 0 Å². The lowest BCUT2D eigenvalue weighted by molar-refractivity contribution is 0.220. The van der Waals surface area contributed by atoms with Gasteiger partial charge in [0.15, 0.2) is 0 Å². The largest absolute Gasteiger partial charge is 0.496 e. The summed E-state index contributed by atoms with van der Waals surface area (Å²) in [6, 6.07) is 9.31. The third kappa shape index (κ3) is 3.95. The first-order valence-electron chi connectivity index (χ1n) is 6.66. The summed E-state index contributed by atoms with van der Waals surface area (Å²) in [5, 5.41) is 2.80. The SMILES string of the molecule is COc1ccc(C)cc1CN(C)C(=O)Nc1cccnc1. The maximum absolute atomic E-state index is 12.1. The van der Waals surface area contributed by atoms with Gasteiger partial charge in [-0.3, -0.25) is 4.98 Å². The normalized spacial score (nSPS) is 10.0. The molecular weight excluding hydrogens is 266 g/mol. The molecular formula is C16H19N3O2. The lowest BCUT2D eigenvalue weighted by Gasteiger charge is -2.19. The first kappa shape index (κ1) is 14.8. The first-order valence-corrected chi connectivity index (χ1v) is 6.66. The molecule has 5 heteroatoms. The number of aryl methyl sites for hydroxylation is 1. The predicted octanol–water partition coefficient (Wildman–Crippen LogP) is 3.06. The number of nitrogens with one attached hydrogen (secondary N) is 1. The van der Waals surface area contributed by atoms with Gasteiger partial charge in [0, 0.05) is 18.8 Å². The van der Waals surface area contributed by atoms with Crippen molar-refractivity contribution in [3.63, 3.8) is 0 Å². The number of pyridine rings is 1. The molecule has 0 aliphatic heterocycles. The number of aromatic nitrogens is 1. The van der Waals surface area contributed by atoms with E-state index in [0.29, 0.717) is 12.2 Å². The quantitative estimate of drug-likeness (QED) is 0.939. The molecule has 0 atom stereocenters. The summed E-state index contributed by atoms with van der Waals surface area (Å²) >= 11 is 0. The van der Waals surface area contributed by atoms with Crippen molar-refractivity contribution in [2.75, 3.05) is 19.5 Å². The zero-order valence-electron chi connectivity index (χ0n) is 12.5. The van der Waals surface area contributed by atoms with Crippen molar-refractivity contribution in [1.29, 1.82) is 0 Å². The van der Waals surface area contributed by atoms with Gasteiger partial charge in [0.2, 0.25) is 0 Å². The zero-order chi connectivity index (χ0) is 15.2. The predicted molar refractivity (Wildman–Crippen MR) is 82.5 cm³/mol. The Morgan fingerprint density at radius 2 is 2.19 bits per heavy atom. The van der Waals surface area contributed by atoms with E-state index in [0.717, 1.165) is 16.9 Å². The molecule has 1 N–H and O–H groups in total. The van der Waals surface area contributed by atoms with E-state index in [1.54, 1.807) is 43.6 Å². The van der Waals surface area contributed by atoms with Crippen LogP contribution in [-0.4, -0.2) is 30.1 Å². The van der Waals surface area contributed by atoms with E-state index >= 15 is 0 Å². The lowest BCUT2D eigenvalue weighted by Crippen LogP contribution is -2.31. The van der Waals surface area contributed by atoms with Crippen LogP contribution >= 0.6 is 0 Å². The van der Waals surface area contributed by atoms with Crippen LogP contribution in [0.2, 0.25) is 0 Å².